The maximum absolute atomic E-state index is 13.2. The van der Waals surface area contributed by atoms with Gasteiger partial charge in [-0.15, -0.1) is 0 Å². The molecule has 1 aliphatic heterocycles. The first-order chi connectivity index (χ1) is 13.6. The van der Waals surface area contributed by atoms with Crippen LogP contribution in [-0.2, 0) is 0 Å². The number of likely N-dealkylation sites (tertiary alicyclic amines) is 1. The summed E-state index contributed by atoms with van der Waals surface area (Å²) in [6.45, 7) is 1.26. The SMILES string of the molecule is O=C(c1ccc(F)cc1)N1CCCC(c2cccc(-c3ccc(F)cc3)n2)C1. The van der Waals surface area contributed by atoms with Crippen LogP contribution in [-0.4, -0.2) is 28.9 Å². The Labute approximate surface area is 162 Å². The monoisotopic (exact) mass is 378 g/mol. The molecule has 1 atom stereocenters. The average molecular weight is 378 g/mol. The number of benzene rings is 2. The van der Waals surface area contributed by atoms with Crippen LogP contribution in [0.4, 0.5) is 8.78 Å². The molecule has 0 radical (unpaired) electrons. The zero-order valence-electron chi connectivity index (χ0n) is 15.3. The fourth-order valence-corrected chi connectivity index (χ4v) is 3.64. The topological polar surface area (TPSA) is 33.2 Å². The second kappa shape index (κ2) is 7.89. The molecular weight excluding hydrogens is 358 g/mol. The van der Waals surface area contributed by atoms with Crippen LogP contribution in [0.25, 0.3) is 11.3 Å². The number of carbonyl (C=O) groups is 1. The van der Waals surface area contributed by atoms with Crippen LogP contribution in [0.15, 0.2) is 66.7 Å². The van der Waals surface area contributed by atoms with E-state index in [0.717, 1.165) is 29.8 Å². The van der Waals surface area contributed by atoms with Crippen LogP contribution in [0.5, 0.6) is 0 Å². The first kappa shape index (κ1) is 18.3. The van der Waals surface area contributed by atoms with Crippen LogP contribution in [0.2, 0.25) is 0 Å². The van der Waals surface area contributed by atoms with Gasteiger partial charge in [0.15, 0.2) is 0 Å². The quantitative estimate of drug-likeness (QED) is 0.639. The molecule has 0 bridgehead atoms. The third-order valence-electron chi connectivity index (χ3n) is 5.13. The number of piperidine rings is 1. The van der Waals surface area contributed by atoms with E-state index in [1.807, 2.05) is 23.1 Å². The largest absolute Gasteiger partial charge is 0.338 e. The van der Waals surface area contributed by atoms with Crippen molar-refractivity contribution in [2.45, 2.75) is 18.8 Å². The second-order valence-electron chi connectivity index (χ2n) is 7.05. The van der Waals surface area contributed by atoms with Gasteiger partial charge < -0.3 is 4.90 Å². The first-order valence-corrected chi connectivity index (χ1v) is 9.38. The fraction of sp³-hybridized carbons (Fsp3) is 0.217. The van der Waals surface area contributed by atoms with Gasteiger partial charge in [-0.1, -0.05) is 6.07 Å². The zero-order valence-corrected chi connectivity index (χ0v) is 15.3. The number of hydrogen-bond donors (Lipinski definition) is 0. The predicted octanol–water partition coefficient (Wildman–Crippen LogP) is 5.05. The van der Waals surface area contributed by atoms with E-state index in [9.17, 15) is 13.6 Å². The van der Waals surface area contributed by atoms with Crippen molar-refractivity contribution in [2.24, 2.45) is 0 Å². The van der Waals surface area contributed by atoms with Gasteiger partial charge in [0.2, 0.25) is 0 Å². The number of hydrogen-bond acceptors (Lipinski definition) is 2. The minimum absolute atomic E-state index is 0.0839. The third-order valence-corrected chi connectivity index (χ3v) is 5.13. The molecule has 1 aromatic heterocycles. The Morgan fingerprint density at radius 3 is 2.32 bits per heavy atom. The second-order valence-corrected chi connectivity index (χ2v) is 7.05. The molecule has 3 aromatic rings. The van der Waals surface area contributed by atoms with Crippen molar-refractivity contribution >= 4 is 5.91 Å². The van der Waals surface area contributed by atoms with Crippen molar-refractivity contribution in [1.82, 2.24) is 9.88 Å². The van der Waals surface area contributed by atoms with Crippen molar-refractivity contribution in [3.8, 4) is 11.3 Å². The van der Waals surface area contributed by atoms with Crippen molar-refractivity contribution < 1.29 is 13.6 Å². The Bertz CT molecular complexity index is 971. The molecule has 1 amide bonds. The van der Waals surface area contributed by atoms with Gasteiger partial charge in [-0.3, -0.25) is 9.78 Å². The fourth-order valence-electron chi connectivity index (χ4n) is 3.64. The summed E-state index contributed by atoms with van der Waals surface area (Å²) in [5.41, 5.74) is 3.08. The van der Waals surface area contributed by atoms with E-state index in [4.69, 9.17) is 4.98 Å². The summed E-state index contributed by atoms with van der Waals surface area (Å²) in [5.74, 6) is -0.574. The molecule has 5 heteroatoms. The Balaban J connectivity index is 1.53. The van der Waals surface area contributed by atoms with Gasteiger partial charge in [-0.05, 0) is 73.5 Å². The molecule has 1 fully saturated rings. The van der Waals surface area contributed by atoms with Crippen molar-refractivity contribution in [1.29, 1.82) is 0 Å². The summed E-state index contributed by atoms with van der Waals surface area (Å²) in [6.07, 6.45) is 1.84. The minimum Gasteiger partial charge on any atom is -0.338 e. The van der Waals surface area contributed by atoms with Crippen molar-refractivity contribution in [3.05, 3.63) is 89.6 Å². The minimum atomic E-state index is -0.352. The van der Waals surface area contributed by atoms with E-state index in [1.165, 1.54) is 36.4 Å². The lowest BCUT2D eigenvalue weighted by atomic mass is 9.93. The van der Waals surface area contributed by atoms with Gasteiger partial charge in [0.25, 0.3) is 5.91 Å². The number of halogens is 2. The molecule has 0 N–H and O–H groups in total. The molecule has 0 aliphatic carbocycles. The molecule has 142 valence electrons. The Hall–Kier alpha value is -3.08. The number of aromatic nitrogens is 1. The maximum Gasteiger partial charge on any atom is 0.253 e. The van der Waals surface area contributed by atoms with Crippen LogP contribution in [0.1, 0.15) is 34.8 Å². The summed E-state index contributed by atoms with van der Waals surface area (Å²) in [4.78, 5) is 19.3. The number of carbonyl (C=O) groups excluding carboxylic acids is 1. The molecule has 1 unspecified atom stereocenters. The van der Waals surface area contributed by atoms with Crippen molar-refractivity contribution in [2.75, 3.05) is 13.1 Å². The highest BCUT2D eigenvalue weighted by Crippen LogP contribution is 2.28. The Kier molecular flexibility index (Phi) is 5.15. The third kappa shape index (κ3) is 3.93. The highest BCUT2D eigenvalue weighted by atomic mass is 19.1. The lowest BCUT2D eigenvalue weighted by Crippen LogP contribution is -2.39. The smallest absolute Gasteiger partial charge is 0.253 e. The van der Waals surface area contributed by atoms with Gasteiger partial charge in [-0.2, -0.15) is 0 Å². The summed E-state index contributed by atoms with van der Waals surface area (Å²) in [5, 5.41) is 0. The summed E-state index contributed by atoms with van der Waals surface area (Å²) >= 11 is 0. The number of nitrogens with zero attached hydrogens (tertiary/aromatic N) is 2. The van der Waals surface area contributed by atoms with E-state index in [1.54, 1.807) is 12.1 Å². The highest BCUT2D eigenvalue weighted by Gasteiger charge is 2.26. The molecule has 28 heavy (non-hydrogen) atoms. The van der Waals surface area contributed by atoms with Crippen LogP contribution < -0.4 is 0 Å². The molecule has 2 heterocycles. The lowest BCUT2D eigenvalue weighted by molar-refractivity contribution is 0.0706. The normalized spacial score (nSPS) is 16.8. The molecule has 1 aliphatic rings. The number of amides is 1. The number of rotatable bonds is 3. The maximum atomic E-state index is 13.2. The average Bonchev–Trinajstić information content (AvgIpc) is 2.74. The molecule has 0 saturated carbocycles. The van der Waals surface area contributed by atoms with Gasteiger partial charge in [0, 0.05) is 35.8 Å². The van der Waals surface area contributed by atoms with E-state index in [-0.39, 0.29) is 23.5 Å². The van der Waals surface area contributed by atoms with Gasteiger partial charge in [-0.25, -0.2) is 8.78 Å². The molecule has 1 saturated heterocycles. The summed E-state index contributed by atoms with van der Waals surface area (Å²) in [6, 6.07) is 17.8. The highest BCUT2D eigenvalue weighted by molar-refractivity contribution is 5.94. The standard InChI is InChI=1S/C23H20F2N2O/c24-19-10-6-16(7-11-19)21-4-1-5-22(26-21)18-3-2-14-27(15-18)23(28)17-8-12-20(25)13-9-17/h1,4-13,18H,2-3,14-15H2. The van der Waals surface area contributed by atoms with Gasteiger partial charge >= 0.3 is 0 Å². The first-order valence-electron chi connectivity index (χ1n) is 9.38. The van der Waals surface area contributed by atoms with Crippen LogP contribution in [0.3, 0.4) is 0 Å². The predicted molar refractivity (Wildman–Crippen MR) is 104 cm³/mol. The number of pyridine rings is 1. The Morgan fingerprint density at radius 1 is 0.929 bits per heavy atom. The molecule has 3 nitrogen and oxygen atoms in total. The Morgan fingerprint density at radius 2 is 1.61 bits per heavy atom. The van der Waals surface area contributed by atoms with Gasteiger partial charge in [0.05, 0.1) is 5.69 Å². The van der Waals surface area contributed by atoms with Crippen molar-refractivity contribution in [3.63, 3.8) is 0 Å². The molecule has 2 aromatic carbocycles. The van der Waals surface area contributed by atoms with Crippen LogP contribution in [0, 0.1) is 11.6 Å². The van der Waals surface area contributed by atoms with Crippen LogP contribution >= 0.6 is 0 Å². The van der Waals surface area contributed by atoms with E-state index < -0.39 is 0 Å². The van der Waals surface area contributed by atoms with E-state index in [0.29, 0.717) is 18.7 Å². The summed E-state index contributed by atoms with van der Waals surface area (Å²) < 4.78 is 26.3. The zero-order chi connectivity index (χ0) is 19.5. The molecule has 4 rings (SSSR count). The molecular formula is C23H20F2N2O. The van der Waals surface area contributed by atoms with E-state index >= 15 is 0 Å². The van der Waals surface area contributed by atoms with Gasteiger partial charge in [0.1, 0.15) is 11.6 Å². The summed E-state index contributed by atoms with van der Waals surface area (Å²) in [7, 11) is 0. The van der Waals surface area contributed by atoms with E-state index in [2.05, 4.69) is 0 Å². The molecule has 0 spiro atoms. The lowest BCUT2D eigenvalue weighted by Gasteiger charge is -2.32.